The van der Waals surface area contributed by atoms with Crippen LogP contribution < -0.4 is 10.1 Å². The number of halogens is 4. The molecule has 0 amide bonds. The normalized spacial score (nSPS) is 13.6. The van der Waals surface area contributed by atoms with Crippen molar-refractivity contribution in [2.75, 3.05) is 18.5 Å². The number of hydrogen-bond donors (Lipinski definition) is 2. The molecule has 0 radical (unpaired) electrons. The summed E-state index contributed by atoms with van der Waals surface area (Å²) in [5.74, 6) is -0.0727. The van der Waals surface area contributed by atoms with E-state index in [4.69, 9.17) is 10.00 Å². The molecular weight excluding hydrogens is 352 g/mol. The minimum atomic E-state index is -4.66. The van der Waals surface area contributed by atoms with Gasteiger partial charge in [-0.3, -0.25) is 0 Å². The number of aliphatic hydroxyl groups is 1. The molecule has 0 spiro atoms. The van der Waals surface area contributed by atoms with E-state index in [9.17, 15) is 22.7 Å². The van der Waals surface area contributed by atoms with Crippen LogP contribution in [0.1, 0.15) is 18.1 Å². The first-order valence-corrected chi connectivity index (χ1v) is 7.57. The maximum Gasteiger partial charge on any atom is 0.417 e. The van der Waals surface area contributed by atoms with Gasteiger partial charge in [0.1, 0.15) is 23.8 Å². The number of nitrogens with zero attached hydrogens (tertiary/aromatic N) is 1. The SMILES string of the molecule is CC(O)(CNc1ccc(C#N)c(C(F)(F)F)c1)COc1ccc(F)cc1. The second-order valence-electron chi connectivity index (χ2n) is 5.96. The second kappa shape index (κ2) is 7.62. The van der Waals surface area contributed by atoms with E-state index in [-0.39, 0.29) is 18.8 Å². The molecule has 138 valence electrons. The molecular formula is C18H16F4N2O2. The van der Waals surface area contributed by atoms with Crippen molar-refractivity contribution >= 4 is 5.69 Å². The molecule has 2 aromatic rings. The van der Waals surface area contributed by atoms with Crippen molar-refractivity contribution in [2.45, 2.75) is 18.7 Å². The van der Waals surface area contributed by atoms with E-state index >= 15 is 0 Å². The fraction of sp³-hybridized carbons (Fsp3) is 0.278. The fourth-order valence-electron chi connectivity index (χ4n) is 2.10. The van der Waals surface area contributed by atoms with Gasteiger partial charge in [0.15, 0.2) is 0 Å². The number of anilines is 1. The van der Waals surface area contributed by atoms with E-state index in [1.807, 2.05) is 0 Å². The minimum absolute atomic E-state index is 0.0998. The highest BCUT2D eigenvalue weighted by Crippen LogP contribution is 2.33. The molecule has 26 heavy (non-hydrogen) atoms. The van der Waals surface area contributed by atoms with Crippen LogP contribution in [0, 0.1) is 17.1 Å². The first-order valence-electron chi connectivity index (χ1n) is 7.57. The first kappa shape index (κ1) is 19.5. The van der Waals surface area contributed by atoms with Gasteiger partial charge in [0, 0.05) is 12.2 Å². The van der Waals surface area contributed by atoms with Gasteiger partial charge in [-0.25, -0.2) is 4.39 Å². The smallest absolute Gasteiger partial charge is 0.417 e. The van der Waals surface area contributed by atoms with Gasteiger partial charge in [-0.05, 0) is 49.4 Å². The predicted molar refractivity (Wildman–Crippen MR) is 87.2 cm³/mol. The molecule has 0 aliphatic carbocycles. The van der Waals surface area contributed by atoms with Crippen LogP contribution >= 0.6 is 0 Å². The molecule has 0 fully saturated rings. The Labute approximate surface area is 147 Å². The van der Waals surface area contributed by atoms with E-state index in [1.165, 1.54) is 43.3 Å². The zero-order chi connectivity index (χ0) is 19.4. The Balaban J connectivity index is 2.00. The number of alkyl halides is 3. The molecule has 0 aromatic heterocycles. The van der Waals surface area contributed by atoms with Gasteiger partial charge in [0.2, 0.25) is 0 Å². The van der Waals surface area contributed by atoms with Gasteiger partial charge in [-0.15, -0.1) is 0 Å². The lowest BCUT2D eigenvalue weighted by Crippen LogP contribution is -2.39. The third-order valence-electron chi connectivity index (χ3n) is 3.48. The van der Waals surface area contributed by atoms with E-state index in [2.05, 4.69) is 5.32 Å². The zero-order valence-electron chi connectivity index (χ0n) is 13.8. The number of hydrogen-bond acceptors (Lipinski definition) is 4. The summed E-state index contributed by atoms with van der Waals surface area (Å²) in [6.07, 6.45) is -4.66. The Kier molecular flexibility index (Phi) is 5.73. The fourth-order valence-corrected chi connectivity index (χ4v) is 2.10. The highest BCUT2D eigenvalue weighted by Gasteiger charge is 2.34. The third-order valence-corrected chi connectivity index (χ3v) is 3.48. The predicted octanol–water partition coefficient (Wildman–Crippen LogP) is 3.96. The van der Waals surface area contributed by atoms with E-state index in [0.717, 1.165) is 12.1 Å². The molecule has 8 heteroatoms. The molecule has 2 N–H and O–H groups in total. The molecule has 0 saturated heterocycles. The molecule has 1 atom stereocenters. The summed E-state index contributed by atoms with van der Waals surface area (Å²) in [6.45, 7) is 1.18. The Morgan fingerprint density at radius 3 is 2.38 bits per heavy atom. The average Bonchev–Trinajstić information content (AvgIpc) is 2.58. The van der Waals surface area contributed by atoms with Gasteiger partial charge in [0.05, 0.1) is 17.2 Å². The van der Waals surface area contributed by atoms with Crippen molar-refractivity contribution in [2.24, 2.45) is 0 Å². The number of nitriles is 1. The highest BCUT2D eigenvalue weighted by atomic mass is 19.4. The van der Waals surface area contributed by atoms with Gasteiger partial charge in [0.25, 0.3) is 0 Å². The topological polar surface area (TPSA) is 65.3 Å². The molecule has 2 rings (SSSR count). The molecule has 0 aliphatic rings. The van der Waals surface area contributed by atoms with E-state index in [0.29, 0.717) is 5.75 Å². The molecule has 0 aliphatic heterocycles. The Hall–Kier alpha value is -2.79. The molecule has 2 aromatic carbocycles. The lowest BCUT2D eigenvalue weighted by Gasteiger charge is -2.24. The lowest BCUT2D eigenvalue weighted by atomic mass is 10.1. The number of rotatable bonds is 6. The molecule has 4 nitrogen and oxygen atoms in total. The van der Waals surface area contributed by atoms with Crippen LogP contribution in [0.4, 0.5) is 23.2 Å². The van der Waals surface area contributed by atoms with Crippen molar-refractivity contribution in [3.05, 3.63) is 59.4 Å². The van der Waals surface area contributed by atoms with Gasteiger partial charge in [-0.1, -0.05) is 0 Å². The monoisotopic (exact) mass is 368 g/mol. The second-order valence-corrected chi connectivity index (χ2v) is 5.96. The van der Waals surface area contributed by atoms with Gasteiger partial charge >= 0.3 is 6.18 Å². The Morgan fingerprint density at radius 1 is 1.15 bits per heavy atom. The number of nitrogens with one attached hydrogen (secondary N) is 1. The van der Waals surface area contributed by atoms with Crippen LogP contribution in [0.25, 0.3) is 0 Å². The van der Waals surface area contributed by atoms with E-state index < -0.39 is 28.7 Å². The summed E-state index contributed by atoms with van der Waals surface area (Å²) >= 11 is 0. The molecule has 0 saturated carbocycles. The summed E-state index contributed by atoms with van der Waals surface area (Å²) in [7, 11) is 0. The van der Waals surface area contributed by atoms with Gasteiger partial charge < -0.3 is 15.2 Å². The number of ether oxygens (including phenoxy) is 1. The summed E-state index contributed by atoms with van der Waals surface area (Å²) in [5.41, 5.74) is -2.82. The van der Waals surface area contributed by atoms with Crippen molar-refractivity contribution in [1.29, 1.82) is 5.26 Å². The van der Waals surface area contributed by atoms with Crippen LogP contribution in [-0.2, 0) is 6.18 Å². The average molecular weight is 368 g/mol. The van der Waals surface area contributed by atoms with Crippen LogP contribution in [0.5, 0.6) is 5.75 Å². The quantitative estimate of drug-likeness (QED) is 0.758. The van der Waals surface area contributed by atoms with Crippen LogP contribution in [0.2, 0.25) is 0 Å². The third kappa shape index (κ3) is 5.36. The van der Waals surface area contributed by atoms with Crippen molar-refractivity contribution in [3.8, 4) is 11.8 Å². The lowest BCUT2D eigenvalue weighted by molar-refractivity contribution is -0.137. The maximum absolute atomic E-state index is 13.0. The highest BCUT2D eigenvalue weighted by molar-refractivity contribution is 5.53. The van der Waals surface area contributed by atoms with Crippen LogP contribution in [-0.4, -0.2) is 23.9 Å². The Bertz CT molecular complexity index is 796. The zero-order valence-corrected chi connectivity index (χ0v) is 13.8. The largest absolute Gasteiger partial charge is 0.491 e. The number of benzene rings is 2. The summed E-state index contributed by atoms with van der Waals surface area (Å²) in [5, 5.41) is 21.8. The van der Waals surface area contributed by atoms with Gasteiger partial charge in [-0.2, -0.15) is 18.4 Å². The molecule has 0 bridgehead atoms. The van der Waals surface area contributed by atoms with Crippen LogP contribution in [0.3, 0.4) is 0 Å². The summed E-state index contributed by atoms with van der Waals surface area (Å²) in [6, 6.07) is 9.91. The first-order chi connectivity index (χ1) is 12.1. The van der Waals surface area contributed by atoms with Crippen molar-refractivity contribution < 1.29 is 27.4 Å². The summed E-state index contributed by atoms with van der Waals surface area (Å²) < 4.78 is 57.0. The maximum atomic E-state index is 13.0. The Morgan fingerprint density at radius 2 is 1.81 bits per heavy atom. The van der Waals surface area contributed by atoms with Crippen LogP contribution in [0.15, 0.2) is 42.5 Å². The molecule has 0 heterocycles. The van der Waals surface area contributed by atoms with Crippen molar-refractivity contribution in [1.82, 2.24) is 0 Å². The standard InChI is InChI=1S/C18H16F4N2O2/c1-17(25,11-26-15-6-3-13(19)4-7-15)10-24-14-5-2-12(9-23)16(8-14)18(20,21)22/h2-8,24-25H,10-11H2,1H3. The minimum Gasteiger partial charge on any atom is -0.491 e. The summed E-state index contributed by atoms with van der Waals surface area (Å²) in [4.78, 5) is 0. The van der Waals surface area contributed by atoms with E-state index in [1.54, 1.807) is 0 Å². The molecule has 1 unspecified atom stereocenters. The van der Waals surface area contributed by atoms with Crippen molar-refractivity contribution in [3.63, 3.8) is 0 Å².